The first-order valence-electron chi connectivity index (χ1n) is 12.5. The van der Waals surface area contributed by atoms with Crippen molar-refractivity contribution in [2.45, 2.75) is 57.2 Å². The second-order valence-corrected chi connectivity index (χ2v) is 9.96. The molecule has 4 atom stereocenters. The van der Waals surface area contributed by atoms with Crippen LogP contribution in [-0.4, -0.2) is 86.6 Å². The van der Waals surface area contributed by atoms with Gasteiger partial charge in [0.05, 0.1) is 47.2 Å². The molecule has 0 unspecified atom stereocenters. The van der Waals surface area contributed by atoms with Gasteiger partial charge in [-0.15, -0.1) is 0 Å². The number of methoxy groups -OCH3 is 3. The average molecular weight is 523 g/mol. The molecule has 1 fully saturated rings. The summed E-state index contributed by atoms with van der Waals surface area (Å²) in [6, 6.07) is -0.279. The van der Waals surface area contributed by atoms with E-state index in [4.69, 9.17) is 18.9 Å². The minimum Gasteiger partial charge on any atom is -0.493 e. The fourth-order valence-electron chi connectivity index (χ4n) is 4.79. The number of nitrogens with one attached hydrogen (secondary N) is 2. The van der Waals surface area contributed by atoms with E-state index < -0.39 is 48.5 Å². The van der Waals surface area contributed by atoms with Gasteiger partial charge in [-0.3, -0.25) is 14.4 Å². The van der Waals surface area contributed by atoms with Crippen LogP contribution in [0.2, 0.25) is 0 Å². The van der Waals surface area contributed by atoms with Gasteiger partial charge in [-0.1, -0.05) is 13.8 Å². The van der Waals surface area contributed by atoms with Crippen molar-refractivity contribution < 1.29 is 43.5 Å². The molecule has 0 bridgehead atoms. The maximum Gasteiger partial charge on any atom is 0.245 e. The van der Waals surface area contributed by atoms with Crippen LogP contribution >= 0.6 is 0 Å². The topological polar surface area (TPSA) is 156 Å². The number of amides is 2. The van der Waals surface area contributed by atoms with E-state index in [2.05, 4.69) is 10.6 Å². The molecule has 1 saturated heterocycles. The largest absolute Gasteiger partial charge is 0.493 e. The van der Waals surface area contributed by atoms with E-state index in [-0.39, 0.29) is 18.4 Å². The van der Waals surface area contributed by atoms with Gasteiger partial charge in [0.2, 0.25) is 17.6 Å². The van der Waals surface area contributed by atoms with Crippen LogP contribution < -0.4 is 24.8 Å². The van der Waals surface area contributed by atoms with Gasteiger partial charge in [-0.05, 0) is 43.2 Å². The normalized spacial score (nSPS) is 21.9. The van der Waals surface area contributed by atoms with Crippen LogP contribution in [0.4, 0.5) is 0 Å². The first-order chi connectivity index (χ1) is 17.6. The van der Waals surface area contributed by atoms with E-state index in [0.717, 1.165) is 11.1 Å². The third kappa shape index (κ3) is 6.16. The second-order valence-electron chi connectivity index (χ2n) is 9.96. The molecular weight excluding hydrogens is 484 g/mol. The summed E-state index contributed by atoms with van der Waals surface area (Å²) in [7, 11) is 4.58. The van der Waals surface area contributed by atoms with Crippen molar-refractivity contribution in [3.05, 3.63) is 17.2 Å². The SMILES string of the molecule is COc1cc2c(c(OC)c1OC)C[C@@H](C(=O)N[C@@H](CO)C(=O)N[C@@H](CC(C)C)C(=O)[C@@]1(CO)CO1)CC2. The molecule has 11 heteroatoms. The summed E-state index contributed by atoms with van der Waals surface area (Å²) in [5.41, 5.74) is 0.534. The molecule has 3 rings (SSSR count). The Morgan fingerprint density at radius 1 is 1.08 bits per heavy atom. The quantitative estimate of drug-likeness (QED) is 0.265. The van der Waals surface area contributed by atoms with Gasteiger partial charge in [-0.25, -0.2) is 0 Å². The monoisotopic (exact) mass is 522 g/mol. The van der Waals surface area contributed by atoms with Gasteiger partial charge < -0.3 is 39.8 Å². The number of ketones is 1. The molecule has 2 aliphatic rings. The predicted octanol–water partition coefficient (Wildman–Crippen LogP) is 0.156. The lowest BCUT2D eigenvalue weighted by atomic mass is 9.82. The Balaban J connectivity index is 1.71. The fourth-order valence-corrected chi connectivity index (χ4v) is 4.79. The van der Waals surface area contributed by atoms with Crippen LogP contribution in [0.5, 0.6) is 17.2 Å². The van der Waals surface area contributed by atoms with Crippen molar-refractivity contribution in [2.24, 2.45) is 11.8 Å². The van der Waals surface area contributed by atoms with E-state index >= 15 is 0 Å². The molecule has 11 nitrogen and oxygen atoms in total. The van der Waals surface area contributed by atoms with E-state index in [1.54, 1.807) is 7.11 Å². The fraction of sp³-hybridized carbons (Fsp3) is 0.654. The van der Waals surface area contributed by atoms with E-state index in [1.165, 1.54) is 14.2 Å². The van der Waals surface area contributed by atoms with Crippen molar-refractivity contribution in [3.63, 3.8) is 0 Å². The number of carbonyl (C=O) groups is 3. The Morgan fingerprint density at radius 3 is 2.27 bits per heavy atom. The molecule has 2 amide bonds. The van der Waals surface area contributed by atoms with Crippen LogP contribution in [0, 0.1) is 11.8 Å². The first kappa shape index (κ1) is 28.7. The summed E-state index contributed by atoms with van der Waals surface area (Å²) in [4.78, 5) is 39.0. The zero-order chi connectivity index (χ0) is 27.3. The summed E-state index contributed by atoms with van der Waals surface area (Å²) in [5.74, 6) is -0.390. The molecule has 1 aromatic rings. The molecule has 1 aromatic carbocycles. The number of carbonyl (C=O) groups excluding carboxylic acids is 3. The van der Waals surface area contributed by atoms with Crippen LogP contribution in [0.3, 0.4) is 0 Å². The van der Waals surface area contributed by atoms with Gasteiger partial charge in [0.15, 0.2) is 22.9 Å². The Hall–Kier alpha value is -2.89. The minimum absolute atomic E-state index is 0.0683. The number of aliphatic hydroxyl groups excluding tert-OH is 2. The number of rotatable bonds is 13. The van der Waals surface area contributed by atoms with Gasteiger partial charge >= 0.3 is 0 Å². The lowest BCUT2D eigenvalue weighted by Gasteiger charge is -2.29. The number of ether oxygens (including phenoxy) is 4. The number of hydrogen-bond donors (Lipinski definition) is 4. The van der Waals surface area contributed by atoms with Gasteiger partial charge in [0.1, 0.15) is 6.04 Å². The number of benzene rings is 1. The lowest BCUT2D eigenvalue weighted by molar-refractivity contribution is -0.135. The van der Waals surface area contributed by atoms with Crippen LogP contribution in [0.25, 0.3) is 0 Å². The molecule has 1 heterocycles. The highest BCUT2D eigenvalue weighted by Crippen LogP contribution is 2.45. The van der Waals surface area contributed by atoms with Crippen molar-refractivity contribution in [3.8, 4) is 17.2 Å². The average Bonchev–Trinajstić information content (AvgIpc) is 3.70. The molecule has 1 aliphatic heterocycles. The third-order valence-electron chi connectivity index (χ3n) is 6.96. The molecule has 0 saturated carbocycles. The summed E-state index contributed by atoms with van der Waals surface area (Å²) in [6.07, 6.45) is 1.80. The molecule has 206 valence electrons. The van der Waals surface area contributed by atoms with E-state index in [0.29, 0.717) is 42.9 Å². The standard InChI is InChI=1S/C26H38N2O9/c1-14(2)8-18(23(31)26(12-30)13-37-26)27-25(33)19(11-29)28-24(32)16-7-6-15-10-20(34-3)22(36-5)21(35-4)17(15)9-16/h10,14,16,18-19,29-30H,6-9,11-13H2,1-5H3,(H,27,33)(H,28,32)/t16-,18-,19-,26+/m0/s1. The Labute approximate surface area is 216 Å². The number of aryl methyl sites for hydroxylation is 1. The van der Waals surface area contributed by atoms with E-state index in [1.807, 2.05) is 19.9 Å². The summed E-state index contributed by atoms with van der Waals surface area (Å²) >= 11 is 0. The van der Waals surface area contributed by atoms with Crippen molar-refractivity contribution in [2.75, 3.05) is 41.2 Å². The van der Waals surface area contributed by atoms with Crippen molar-refractivity contribution in [1.82, 2.24) is 10.6 Å². The molecule has 0 aromatic heterocycles. The molecular formula is C26H38N2O9. The zero-order valence-electron chi connectivity index (χ0n) is 22.1. The molecule has 4 N–H and O–H groups in total. The van der Waals surface area contributed by atoms with Crippen LogP contribution in [-0.2, 0) is 32.0 Å². The Bertz CT molecular complexity index is 1010. The summed E-state index contributed by atoms with van der Waals surface area (Å²) < 4.78 is 21.6. The van der Waals surface area contributed by atoms with Gasteiger partial charge in [0.25, 0.3) is 0 Å². The van der Waals surface area contributed by atoms with Crippen LogP contribution in [0.15, 0.2) is 6.07 Å². The van der Waals surface area contributed by atoms with Gasteiger partial charge in [-0.2, -0.15) is 0 Å². The number of epoxide rings is 1. The number of fused-ring (bicyclic) bond motifs is 1. The number of hydrogen-bond acceptors (Lipinski definition) is 9. The summed E-state index contributed by atoms with van der Waals surface area (Å²) in [6.45, 7) is 2.78. The van der Waals surface area contributed by atoms with E-state index in [9.17, 15) is 24.6 Å². The van der Waals surface area contributed by atoms with Crippen molar-refractivity contribution >= 4 is 17.6 Å². The Kier molecular flexibility index (Phi) is 9.38. The second kappa shape index (κ2) is 12.1. The maximum absolute atomic E-state index is 13.2. The highest BCUT2D eigenvalue weighted by atomic mass is 16.6. The van der Waals surface area contributed by atoms with Crippen molar-refractivity contribution in [1.29, 1.82) is 0 Å². The first-order valence-corrected chi connectivity index (χ1v) is 12.5. The minimum atomic E-state index is -1.29. The molecule has 0 spiro atoms. The maximum atomic E-state index is 13.2. The smallest absolute Gasteiger partial charge is 0.245 e. The lowest BCUT2D eigenvalue weighted by Crippen LogP contribution is -2.56. The summed E-state index contributed by atoms with van der Waals surface area (Å²) in [5, 5.41) is 24.7. The van der Waals surface area contributed by atoms with Gasteiger partial charge in [0, 0.05) is 11.5 Å². The molecule has 37 heavy (non-hydrogen) atoms. The zero-order valence-corrected chi connectivity index (χ0v) is 22.1. The third-order valence-corrected chi connectivity index (χ3v) is 6.96. The number of Topliss-reactive ketones (excluding diaryl/α,β-unsaturated/α-hetero) is 1. The molecule has 1 aliphatic carbocycles. The van der Waals surface area contributed by atoms with Crippen LogP contribution in [0.1, 0.15) is 37.8 Å². The highest BCUT2D eigenvalue weighted by molar-refractivity contribution is 5.98. The highest BCUT2D eigenvalue weighted by Gasteiger charge is 2.54. The number of aliphatic hydroxyl groups is 2. The Morgan fingerprint density at radius 2 is 1.76 bits per heavy atom. The predicted molar refractivity (Wildman–Crippen MR) is 133 cm³/mol. The molecule has 0 radical (unpaired) electrons.